The molecule has 3 aromatic carbocycles. The van der Waals surface area contributed by atoms with Crippen molar-refractivity contribution < 1.29 is 35.1 Å². The van der Waals surface area contributed by atoms with Crippen LogP contribution in [0.2, 0.25) is 0 Å². The highest BCUT2D eigenvalue weighted by molar-refractivity contribution is 7.86. The molecule has 0 aliphatic rings. The van der Waals surface area contributed by atoms with Gasteiger partial charge in [0.15, 0.2) is 0 Å². The normalized spacial score (nSPS) is 11.9. The second-order valence-electron chi connectivity index (χ2n) is 15.1. The molecule has 58 heavy (non-hydrogen) atoms. The van der Waals surface area contributed by atoms with Crippen LogP contribution >= 0.6 is 0 Å². The van der Waals surface area contributed by atoms with E-state index in [-0.39, 0.29) is 10.8 Å². The summed E-state index contributed by atoms with van der Waals surface area (Å²) in [5, 5.41) is -0.158. The van der Waals surface area contributed by atoms with Gasteiger partial charge >= 0.3 is 0 Å². The Kier molecular flexibility index (Phi) is 16.8. The summed E-state index contributed by atoms with van der Waals surface area (Å²) in [6.07, 6.45) is 35.3. The second-order valence-corrected chi connectivity index (χ2v) is 17.8. The first-order chi connectivity index (χ1) is 27.9. The molecular weight excluding hydrogens is 773 g/mol. The van der Waals surface area contributed by atoms with Crippen LogP contribution < -0.4 is 9.13 Å². The van der Waals surface area contributed by atoms with Gasteiger partial charge in [-0.15, -0.1) is 0 Å². The minimum absolute atomic E-state index is 0.0792. The average Bonchev–Trinajstić information content (AvgIpc) is 3.97. The van der Waals surface area contributed by atoms with E-state index in [0.717, 1.165) is 44.9 Å². The number of unbranched alkanes of at least 4 members (excludes halogenated alkanes) is 10. The van der Waals surface area contributed by atoms with Crippen molar-refractivity contribution in [1.29, 1.82) is 0 Å². The van der Waals surface area contributed by atoms with E-state index in [9.17, 15) is 25.9 Å². The van der Waals surface area contributed by atoms with E-state index in [2.05, 4.69) is 97.3 Å². The minimum Gasteiger partial charge on any atom is -0.744 e. The van der Waals surface area contributed by atoms with Gasteiger partial charge in [-0.05, 0) is 60.6 Å². The van der Waals surface area contributed by atoms with Gasteiger partial charge in [-0.3, -0.25) is 0 Å². The lowest BCUT2D eigenvalue weighted by Gasteiger charge is -2.14. The highest BCUT2D eigenvalue weighted by atomic mass is 32.2. The average molecular weight is 831 g/mol. The fraction of sp³-hybridized carbons (Fsp3) is 0.432. The third-order valence-electron chi connectivity index (χ3n) is 10.2. The van der Waals surface area contributed by atoms with Crippen molar-refractivity contribution >= 4 is 31.0 Å². The van der Waals surface area contributed by atoms with Gasteiger partial charge in [0.2, 0.25) is 12.7 Å². The number of fused-ring (bicyclic) bond motifs is 1. The van der Waals surface area contributed by atoms with Gasteiger partial charge in [-0.1, -0.05) is 102 Å². The lowest BCUT2D eigenvalue weighted by atomic mass is 10.0. The van der Waals surface area contributed by atoms with Gasteiger partial charge in [-0.2, -0.15) is 0 Å². The van der Waals surface area contributed by atoms with E-state index in [1.165, 1.54) is 118 Å². The van der Waals surface area contributed by atoms with Crippen molar-refractivity contribution in [3.8, 4) is 0 Å². The van der Waals surface area contributed by atoms with Crippen molar-refractivity contribution in [2.75, 3.05) is 0 Å². The van der Waals surface area contributed by atoms with Crippen LogP contribution in [0.5, 0.6) is 0 Å². The third-order valence-corrected chi connectivity index (χ3v) is 12.0. The Morgan fingerprint density at radius 2 is 1.02 bits per heavy atom. The summed E-state index contributed by atoms with van der Waals surface area (Å²) >= 11 is 0. The maximum atomic E-state index is 11.0. The summed E-state index contributed by atoms with van der Waals surface area (Å²) in [7, 11) is -9.48. The van der Waals surface area contributed by atoms with E-state index >= 15 is 0 Å². The Bertz CT molecular complexity index is 2240. The van der Waals surface area contributed by atoms with E-state index in [1.807, 2.05) is 18.7 Å². The van der Waals surface area contributed by atoms with Crippen molar-refractivity contribution in [3.63, 3.8) is 0 Å². The number of rotatable bonds is 22. The molecule has 0 aliphatic heterocycles. The van der Waals surface area contributed by atoms with Crippen LogP contribution in [0.1, 0.15) is 108 Å². The predicted octanol–water partition coefficient (Wildman–Crippen LogP) is 7.58. The smallest absolute Gasteiger partial charge is 0.244 e. The summed E-state index contributed by atoms with van der Waals surface area (Å²) in [5.41, 5.74) is 4.02. The maximum absolute atomic E-state index is 11.0. The van der Waals surface area contributed by atoms with Crippen LogP contribution in [-0.4, -0.2) is 44.6 Å². The molecule has 0 amide bonds. The molecule has 3 aromatic heterocycles. The highest BCUT2D eigenvalue weighted by Gasteiger charge is 2.13. The molecule has 6 rings (SSSR count). The Morgan fingerprint density at radius 3 is 1.45 bits per heavy atom. The third kappa shape index (κ3) is 14.0. The van der Waals surface area contributed by atoms with E-state index in [0.29, 0.717) is 0 Å². The molecule has 0 saturated heterocycles. The predicted molar refractivity (Wildman–Crippen MR) is 222 cm³/mol. The zero-order chi connectivity index (χ0) is 41.4. The van der Waals surface area contributed by atoms with Crippen LogP contribution in [0.25, 0.3) is 10.8 Å². The van der Waals surface area contributed by atoms with E-state index in [4.69, 9.17) is 0 Å². The molecule has 0 saturated carbocycles. The zero-order valence-corrected chi connectivity index (χ0v) is 35.5. The fourth-order valence-corrected chi connectivity index (χ4v) is 8.68. The van der Waals surface area contributed by atoms with Gasteiger partial charge in [0, 0.05) is 29.7 Å². The number of aryl methyl sites for hydroxylation is 2. The first-order valence-corrected chi connectivity index (χ1v) is 23.3. The molecule has 3 heterocycles. The van der Waals surface area contributed by atoms with Crippen LogP contribution in [0.4, 0.5) is 0 Å². The summed E-state index contributed by atoms with van der Waals surface area (Å²) in [5.74, 6) is 0. The molecule has 0 atom stereocenters. The monoisotopic (exact) mass is 830 g/mol. The van der Waals surface area contributed by atoms with Crippen molar-refractivity contribution in [2.24, 2.45) is 0 Å². The van der Waals surface area contributed by atoms with Crippen molar-refractivity contribution in [2.45, 2.75) is 133 Å². The SMILES string of the molecule is CCCCCCCCn1cc[n+](Cc2cc(Cn3ccnc3)cc(C[n+]3ccn(CCCCCCCC)c3)c2)c1.O=S(=O)([O-])c1cccc2c(S(=O)(=O)[O-])cccc12. The molecule has 0 radical (unpaired) electrons. The molecule has 0 unspecified atom stereocenters. The van der Waals surface area contributed by atoms with Crippen LogP contribution in [0.3, 0.4) is 0 Å². The second kappa shape index (κ2) is 21.9. The summed E-state index contributed by atoms with van der Waals surface area (Å²) in [4.78, 5) is 3.14. The maximum Gasteiger partial charge on any atom is 0.244 e. The molecule has 12 nitrogen and oxygen atoms in total. The number of hydrogen-bond donors (Lipinski definition) is 0. The van der Waals surface area contributed by atoms with Gasteiger partial charge in [-0.25, -0.2) is 40.1 Å². The Morgan fingerprint density at radius 1 is 0.569 bits per heavy atom. The lowest BCUT2D eigenvalue weighted by Crippen LogP contribution is -2.33. The molecule has 312 valence electrons. The molecule has 0 bridgehead atoms. The first kappa shape index (κ1) is 44.5. The van der Waals surface area contributed by atoms with Crippen molar-refractivity contribution in [3.05, 3.63) is 127 Å². The Hall–Kier alpha value is -4.63. The summed E-state index contributed by atoms with van der Waals surface area (Å²) < 4.78 is 77.6. The van der Waals surface area contributed by atoms with E-state index < -0.39 is 30.0 Å². The van der Waals surface area contributed by atoms with Crippen LogP contribution in [-0.2, 0) is 53.0 Å². The first-order valence-electron chi connectivity index (χ1n) is 20.5. The minimum atomic E-state index is -4.74. The number of imidazole rings is 3. The molecule has 0 spiro atoms. The standard InChI is InChI=1S/C34H52N6.C10H8O6S2/c1-3-5-7-9-11-13-16-36-19-21-39(30-36)27-33-23-32(26-38-18-15-35-29-38)24-34(25-33)28-40-22-20-37(31-40)17-14-12-10-8-6-4-2;11-17(12,13)9-5-1-3-7-8(9)4-2-6-10(7)18(14,15)16/h15,18-25,29-31H,3-14,16-17,26-28H2,1-2H3;1-6H,(H,11,12,13)(H,14,15,16)/q+2;/p-2. The van der Waals surface area contributed by atoms with Crippen LogP contribution in [0, 0.1) is 0 Å². The fourth-order valence-electron chi connectivity index (χ4n) is 7.29. The van der Waals surface area contributed by atoms with Crippen LogP contribution in [0.15, 0.2) is 121 Å². The van der Waals surface area contributed by atoms with Gasteiger partial charge in [0.05, 0.1) is 29.2 Å². The Balaban J connectivity index is 0.000000296. The number of benzene rings is 3. The van der Waals surface area contributed by atoms with E-state index in [1.54, 1.807) is 0 Å². The Labute approximate surface area is 344 Å². The highest BCUT2D eigenvalue weighted by Crippen LogP contribution is 2.28. The topological polar surface area (TPSA) is 150 Å². The van der Waals surface area contributed by atoms with Gasteiger partial charge in [0.25, 0.3) is 0 Å². The number of nitrogens with zero attached hydrogens (tertiary/aromatic N) is 6. The molecule has 0 fully saturated rings. The summed E-state index contributed by atoms with van der Waals surface area (Å²) in [6, 6.07) is 14.2. The largest absolute Gasteiger partial charge is 0.744 e. The molecular formula is C44H58N6O6S2. The lowest BCUT2D eigenvalue weighted by molar-refractivity contribution is -0.688. The molecule has 14 heteroatoms. The molecule has 6 aromatic rings. The quantitative estimate of drug-likeness (QED) is 0.0389. The molecule has 0 N–H and O–H groups in total. The molecule has 0 aliphatic carbocycles. The summed E-state index contributed by atoms with van der Waals surface area (Å²) in [6.45, 7) is 9.39. The van der Waals surface area contributed by atoms with Crippen molar-refractivity contribution in [1.82, 2.24) is 18.7 Å². The number of aromatic nitrogens is 6. The van der Waals surface area contributed by atoms with Gasteiger partial charge in [0.1, 0.15) is 58.1 Å². The number of hydrogen-bond acceptors (Lipinski definition) is 7. The zero-order valence-electron chi connectivity index (χ0n) is 33.9. The van der Waals surface area contributed by atoms with Gasteiger partial charge < -0.3 is 13.7 Å².